The molecule has 1 aliphatic rings. The van der Waals surface area contributed by atoms with Crippen LogP contribution in [-0.2, 0) is 12.1 Å². The fourth-order valence-corrected chi connectivity index (χ4v) is 7.59. The Balaban J connectivity index is 1.58. The summed E-state index contributed by atoms with van der Waals surface area (Å²) in [4.78, 5) is 0. The normalized spacial score (nSPS) is 14.5. The molecule has 6 aromatic rings. The molecule has 7 rings (SSSR count). The number of hydrogen-bond acceptors (Lipinski definition) is 4. The Morgan fingerprint density at radius 3 is 2.10 bits per heavy atom. The van der Waals surface area contributed by atoms with E-state index in [4.69, 9.17) is 13.7 Å². The molecule has 2 heterocycles. The average Bonchev–Trinajstić information content (AvgIpc) is 3.46. The van der Waals surface area contributed by atoms with Crippen LogP contribution in [0, 0.1) is 17.6 Å². The van der Waals surface area contributed by atoms with Gasteiger partial charge in [-0.05, 0) is 72.3 Å². The Kier molecular flexibility index (Phi) is 9.39. The number of halogens is 5. The number of methoxy groups -OCH3 is 1. The van der Waals surface area contributed by atoms with Crippen LogP contribution >= 0.6 is 12.0 Å². The van der Waals surface area contributed by atoms with Crippen LogP contribution < -0.4 is 13.7 Å². The smallest absolute Gasteiger partial charge is 0.479 e. The summed E-state index contributed by atoms with van der Waals surface area (Å²) in [6, 6.07) is 23.2. The van der Waals surface area contributed by atoms with Crippen molar-refractivity contribution in [2.24, 2.45) is 5.92 Å². The lowest BCUT2D eigenvalue weighted by molar-refractivity contribution is -0.0370. The second-order valence-electron chi connectivity index (χ2n) is 12.9. The standard InChI is InChI=1S/C41H36F5NO3S/c1-4-6-9-25(5-2)24-47-34-11-8-7-10-30(34)37-32-22-36(50-51-41(44,45)46)35(48-3)23-33(32)39-31(38(37)47)20-21-40(49-39,26-12-16-28(42)17-13-26)27-14-18-29(43)19-15-27/h7-8,10-23,25H,4-6,9,24H2,1-3H3. The molecule has 1 aromatic heterocycles. The number of benzene rings is 5. The van der Waals surface area contributed by atoms with E-state index in [9.17, 15) is 22.0 Å². The monoisotopic (exact) mass is 717 g/mol. The molecule has 0 aliphatic carbocycles. The Bertz CT molecular complexity index is 2200. The average molecular weight is 718 g/mol. The topological polar surface area (TPSA) is 32.6 Å². The molecule has 0 bridgehead atoms. The van der Waals surface area contributed by atoms with E-state index in [1.165, 1.54) is 31.4 Å². The quantitative estimate of drug-likeness (QED) is 0.0987. The number of ether oxygens (including phenoxy) is 2. The molecule has 0 spiro atoms. The molecular formula is C41H36F5NO3S. The zero-order valence-electron chi connectivity index (χ0n) is 28.3. The first-order valence-electron chi connectivity index (χ1n) is 17.0. The van der Waals surface area contributed by atoms with Crippen LogP contribution in [0.3, 0.4) is 0 Å². The Morgan fingerprint density at radius 1 is 0.843 bits per heavy atom. The van der Waals surface area contributed by atoms with E-state index in [0.717, 1.165) is 59.6 Å². The summed E-state index contributed by atoms with van der Waals surface area (Å²) in [7, 11) is 1.37. The van der Waals surface area contributed by atoms with Crippen molar-refractivity contribution in [1.82, 2.24) is 4.57 Å². The number of rotatable bonds is 11. The fraction of sp³-hybridized carbons (Fsp3) is 0.268. The number of para-hydroxylation sites is 1. The van der Waals surface area contributed by atoms with Crippen LogP contribution in [0.1, 0.15) is 56.2 Å². The molecule has 0 radical (unpaired) electrons. The molecule has 51 heavy (non-hydrogen) atoms. The van der Waals surface area contributed by atoms with Crippen molar-refractivity contribution in [3.63, 3.8) is 0 Å². The summed E-state index contributed by atoms with van der Waals surface area (Å²) in [5.74, 6) is -0.0244. The van der Waals surface area contributed by atoms with Gasteiger partial charge in [0.15, 0.2) is 29.1 Å². The van der Waals surface area contributed by atoms with Crippen molar-refractivity contribution < 1.29 is 35.6 Å². The zero-order valence-corrected chi connectivity index (χ0v) is 29.1. The Morgan fingerprint density at radius 2 is 1.49 bits per heavy atom. The number of nitrogens with zero attached hydrogens (tertiary/aromatic N) is 1. The van der Waals surface area contributed by atoms with Crippen LogP contribution in [0.2, 0.25) is 0 Å². The van der Waals surface area contributed by atoms with Crippen molar-refractivity contribution in [2.75, 3.05) is 7.11 Å². The maximum Gasteiger partial charge on any atom is 0.479 e. The Hall–Kier alpha value is -4.70. The molecular weight excluding hydrogens is 682 g/mol. The van der Waals surface area contributed by atoms with E-state index in [-0.39, 0.29) is 11.5 Å². The van der Waals surface area contributed by atoms with Gasteiger partial charge in [0.25, 0.3) is 0 Å². The van der Waals surface area contributed by atoms with Gasteiger partial charge < -0.3 is 18.2 Å². The lowest BCUT2D eigenvalue weighted by Crippen LogP contribution is -2.34. The number of alkyl halides is 3. The lowest BCUT2D eigenvalue weighted by Gasteiger charge is -2.37. The molecule has 0 amide bonds. The first-order valence-corrected chi connectivity index (χ1v) is 17.7. The summed E-state index contributed by atoms with van der Waals surface area (Å²) in [6.45, 7) is 5.09. The number of fused-ring (bicyclic) bond motifs is 8. The highest BCUT2D eigenvalue weighted by atomic mass is 32.2. The molecule has 264 valence electrons. The first kappa shape index (κ1) is 34.7. The minimum atomic E-state index is -4.65. The van der Waals surface area contributed by atoms with Gasteiger partial charge in [0.1, 0.15) is 17.4 Å². The van der Waals surface area contributed by atoms with Gasteiger partial charge in [-0.3, -0.25) is 0 Å². The van der Waals surface area contributed by atoms with Crippen molar-refractivity contribution in [1.29, 1.82) is 0 Å². The summed E-state index contributed by atoms with van der Waals surface area (Å²) in [6.07, 6.45) is 8.09. The van der Waals surface area contributed by atoms with Crippen molar-refractivity contribution in [3.05, 3.63) is 119 Å². The third kappa shape index (κ3) is 6.39. The molecule has 1 aliphatic heterocycles. The van der Waals surface area contributed by atoms with Crippen LogP contribution in [0.4, 0.5) is 22.0 Å². The zero-order chi connectivity index (χ0) is 35.9. The predicted octanol–water partition coefficient (Wildman–Crippen LogP) is 12.3. The third-order valence-corrected chi connectivity index (χ3v) is 10.2. The summed E-state index contributed by atoms with van der Waals surface area (Å²) < 4.78 is 89.1. The van der Waals surface area contributed by atoms with Gasteiger partial charge in [0.2, 0.25) is 0 Å². The molecule has 0 N–H and O–H groups in total. The largest absolute Gasteiger partial charge is 0.493 e. The maximum absolute atomic E-state index is 14.3. The summed E-state index contributed by atoms with van der Waals surface area (Å²) >= 11 is -0.606. The van der Waals surface area contributed by atoms with Gasteiger partial charge in [-0.2, -0.15) is 13.2 Å². The molecule has 0 saturated carbocycles. The van der Waals surface area contributed by atoms with Crippen LogP contribution in [0.25, 0.3) is 38.7 Å². The highest BCUT2D eigenvalue weighted by Crippen LogP contribution is 2.52. The number of aromatic nitrogens is 1. The lowest BCUT2D eigenvalue weighted by atomic mass is 9.83. The molecule has 10 heteroatoms. The van der Waals surface area contributed by atoms with Crippen molar-refractivity contribution in [3.8, 4) is 17.2 Å². The van der Waals surface area contributed by atoms with Crippen LogP contribution in [-0.4, -0.2) is 17.2 Å². The molecule has 1 atom stereocenters. The second-order valence-corrected chi connectivity index (χ2v) is 13.7. The van der Waals surface area contributed by atoms with Gasteiger partial charge >= 0.3 is 5.51 Å². The van der Waals surface area contributed by atoms with E-state index < -0.39 is 34.8 Å². The maximum atomic E-state index is 14.3. The van der Waals surface area contributed by atoms with Gasteiger partial charge in [0, 0.05) is 44.9 Å². The highest BCUT2D eigenvalue weighted by Gasteiger charge is 2.40. The van der Waals surface area contributed by atoms with Gasteiger partial charge in [-0.15, -0.1) is 0 Å². The van der Waals surface area contributed by atoms with Crippen molar-refractivity contribution >= 4 is 50.7 Å². The van der Waals surface area contributed by atoms with Crippen LogP contribution in [0.15, 0.2) is 91.0 Å². The van der Waals surface area contributed by atoms with Gasteiger partial charge in [-0.1, -0.05) is 75.6 Å². The number of hydrogen-bond donors (Lipinski definition) is 0. The number of unbranched alkanes of at least 4 members (excludes halogenated alkanes) is 1. The van der Waals surface area contributed by atoms with E-state index >= 15 is 0 Å². The minimum Gasteiger partial charge on any atom is -0.493 e. The van der Waals surface area contributed by atoms with E-state index in [1.807, 2.05) is 30.4 Å². The van der Waals surface area contributed by atoms with E-state index in [2.05, 4.69) is 24.5 Å². The third-order valence-electron chi connectivity index (χ3n) is 9.79. The van der Waals surface area contributed by atoms with Crippen molar-refractivity contribution in [2.45, 2.75) is 57.2 Å². The molecule has 4 nitrogen and oxygen atoms in total. The molecule has 0 saturated heterocycles. The molecule has 0 fully saturated rings. The SMILES string of the molecule is CCCCC(CC)Cn1c2ccccc2c2c3cc(OSC(F)(F)F)c(OC)cc3c3c(c21)C=CC(c1ccc(F)cc1)(c1ccc(F)cc1)O3. The second kappa shape index (κ2) is 13.8. The molecule has 1 unspecified atom stereocenters. The fourth-order valence-electron chi connectivity index (χ4n) is 7.28. The van der Waals surface area contributed by atoms with Gasteiger partial charge in [0.05, 0.1) is 12.6 Å². The van der Waals surface area contributed by atoms with Crippen LogP contribution in [0.5, 0.6) is 17.2 Å². The molecule has 5 aromatic carbocycles. The summed E-state index contributed by atoms with van der Waals surface area (Å²) in [5.41, 5.74) is -2.12. The Labute approximate surface area is 297 Å². The van der Waals surface area contributed by atoms with E-state index in [0.29, 0.717) is 33.6 Å². The van der Waals surface area contributed by atoms with Gasteiger partial charge in [-0.25, -0.2) is 8.78 Å². The predicted molar refractivity (Wildman–Crippen MR) is 194 cm³/mol. The highest BCUT2D eigenvalue weighted by molar-refractivity contribution is 7.95. The summed E-state index contributed by atoms with van der Waals surface area (Å²) in [5, 5.41) is 2.98. The first-order chi connectivity index (χ1) is 24.6. The van der Waals surface area contributed by atoms with E-state index in [1.54, 1.807) is 36.4 Å². The minimum absolute atomic E-state index is 0.0856.